The summed E-state index contributed by atoms with van der Waals surface area (Å²) >= 11 is 5.83. The first-order chi connectivity index (χ1) is 10.2. The molecule has 0 aliphatic carbocycles. The molecule has 1 aromatic heterocycles. The molecule has 0 unspecified atom stereocenters. The van der Waals surface area contributed by atoms with Gasteiger partial charge in [-0.1, -0.05) is 41.9 Å². The molecule has 3 aromatic rings. The number of nitrogens with one attached hydrogen (secondary N) is 2. The van der Waals surface area contributed by atoms with Gasteiger partial charge in [0, 0.05) is 16.8 Å². The number of aliphatic imine (C=N–C) groups is 1. The lowest BCUT2D eigenvalue weighted by atomic mass is 10.1. The maximum atomic E-state index is 11.9. The van der Waals surface area contributed by atoms with Crippen molar-refractivity contribution in [2.24, 2.45) is 4.99 Å². The molecule has 0 atom stereocenters. The molecule has 2 N–H and O–H groups in total. The Hall–Kier alpha value is -2.59. The summed E-state index contributed by atoms with van der Waals surface area (Å²) in [5.74, 6) is 0. The Bertz CT molecular complexity index is 817. The molecule has 0 radical (unpaired) electrons. The second kappa shape index (κ2) is 5.81. The van der Waals surface area contributed by atoms with E-state index in [4.69, 9.17) is 11.6 Å². The summed E-state index contributed by atoms with van der Waals surface area (Å²) in [6, 6.07) is 16.7. The molecule has 0 aliphatic heterocycles. The van der Waals surface area contributed by atoms with Crippen LogP contribution in [0.15, 0.2) is 64.4 Å². The fourth-order valence-electron chi connectivity index (χ4n) is 1.99. The number of hydrogen-bond donors (Lipinski definition) is 2. The highest BCUT2D eigenvalue weighted by Crippen LogP contribution is 2.19. The average Bonchev–Trinajstić information content (AvgIpc) is 2.89. The molecule has 0 saturated heterocycles. The largest absolute Gasteiger partial charge is 0.297 e. The van der Waals surface area contributed by atoms with Crippen molar-refractivity contribution in [1.82, 2.24) is 10.2 Å². The van der Waals surface area contributed by atoms with Crippen molar-refractivity contribution >= 4 is 23.5 Å². The van der Waals surface area contributed by atoms with Crippen LogP contribution in [0.3, 0.4) is 0 Å². The third-order valence-corrected chi connectivity index (χ3v) is 3.30. The monoisotopic (exact) mass is 297 g/mol. The van der Waals surface area contributed by atoms with Crippen LogP contribution in [-0.2, 0) is 0 Å². The summed E-state index contributed by atoms with van der Waals surface area (Å²) in [5.41, 5.74) is 2.67. The van der Waals surface area contributed by atoms with Gasteiger partial charge in [0.1, 0.15) is 0 Å². The molecule has 3 rings (SSSR count). The second-order valence-corrected chi connectivity index (χ2v) is 4.90. The van der Waals surface area contributed by atoms with Gasteiger partial charge >= 0.3 is 0 Å². The molecule has 0 amide bonds. The maximum absolute atomic E-state index is 11.9. The first-order valence-electron chi connectivity index (χ1n) is 6.40. The van der Waals surface area contributed by atoms with Crippen molar-refractivity contribution in [2.45, 2.75) is 0 Å². The summed E-state index contributed by atoms with van der Waals surface area (Å²) in [6.45, 7) is 0. The standard InChI is InChI=1S/C16H12ClN3O/c17-12-6-8-13(9-7-12)18-10-14-15(19-20-16(14)21)11-4-2-1-3-5-11/h1-10H,(H2,19,20,21). The Labute approximate surface area is 126 Å². The predicted octanol–water partition coefficient (Wildman–Crippen LogP) is 3.77. The van der Waals surface area contributed by atoms with E-state index in [1.165, 1.54) is 0 Å². The molecule has 104 valence electrons. The number of benzene rings is 2. The maximum Gasteiger partial charge on any atom is 0.273 e. The number of aromatic amines is 2. The quantitative estimate of drug-likeness (QED) is 0.710. The van der Waals surface area contributed by atoms with Crippen molar-refractivity contribution in [3.05, 3.63) is 75.5 Å². The van der Waals surface area contributed by atoms with Gasteiger partial charge in [0.15, 0.2) is 0 Å². The van der Waals surface area contributed by atoms with Crippen molar-refractivity contribution in [2.75, 3.05) is 0 Å². The minimum Gasteiger partial charge on any atom is -0.297 e. The van der Waals surface area contributed by atoms with Gasteiger partial charge in [-0.05, 0) is 24.3 Å². The number of H-pyrrole nitrogens is 2. The van der Waals surface area contributed by atoms with Gasteiger partial charge in [-0.25, -0.2) is 0 Å². The summed E-state index contributed by atoms with van der Waals surface area (Å²) in [7, 11) is 0. The molecule has 0 fully saturated rings. The van der Waals surface area contributed by atoms with Crippen LogP contribution in [0.4, 0.5) is 5.69 Å². The van der Waals surface area contributed by atoms with E-state index in [0.29, 0.717) is 10.6 Å². The lowest BCUT2D eigenvalue weighted by Crippen LogP contribution is -2.04. The summed E-state index contributed by atoms with van der Waals surface area (Å²) < 4.78 is 0. The van der Waals surface area contributed by atoms with E-state index in [1.54, 1.807) is 30.5 Å². The number of nitrogens with zero attached hydrogens (tertiary/aromatic N) is 1. The van der Waals surface area contributed by atoms with Crippen molar-refractivity contribution in [1.29, 1.82) is 0 Å². The topological polar surface area (TPSA) is 61.0 Å². The minimum atomic E-state index is -0.202. The van der Waals surface area contributed by atoms with Crippen LogP contribution in [0.5, 0.6) is 0 Å². The van der Waals surface area contributed by atoms with Gasteiger partial charge in [-0.2, -0.15) is 0 Å². The first-order valence-corrected chi connectivity index (χ1v) is 6.77. The summed E-state index contributed by atoms with van der Waals surface area (Å²) in [5, 5.41) is 6.13. The van der Waals surface area contributed by atoms with Crippen LogP contribution < -0.4 is 5.56 Å². The van der Waals surface area contributed by atoms with E-state index < -0.39 is 0 Å². The average molecular weight is 298 g/mol. The van der Waals surface area contributed by atoms with E-state index in [9.17, 15) is 4.79 Å². The van der Waals surface area contributed by atoms with Crippen LogP contribution in [0.2, 0.25) is 5.02 Å². The molecule has 2 aromatic carbocycles. The zero-order valence-corrected chi connectivity index (χ0v) is 11.8. The third kappa shape index (κ3) is 2.95. The number of rotatable bonds is 3. The van der Waals surface area contributed by atoms with Crippen molar-refractivity contribution < 1.29 is 0 Å². The van der Waals surface area contributed by atoms with Crippen LogP contribution in [0, 0.1) is 0 Å². The highest BCUT2D eigenvalue weighted by Gasteiger charge is 2.09. The van der Waals surface area contributed by atoms with Gasteiger partial charge in [-0.3, -0.25) is 20.0 Å². The molecule has 0 spiro atoms. The zero-order chi connectivity index (χ0) is 14.7. The molecular weight excluding hydrogens is 286 g/mol. The summed E-state index contributed by atoms with van der Waals surface area (Å²) in [4.78, 5) is 16.2. The fraction of sp³-hybridized carbons (Fsp3) is 0. The Morgan fingerprint density at radius 2 is 1.67 bits per heavy atom. The van der Waals surface area contributed by atoms with Crippen LogP contribution >= 0.6 is 11.6 Å². The lowest BCUT2D eigenvalue weighted by molar-refractivity contribution is 1.06. The SMILES string of the molecule is O=c1[nH][nH]c(-c2ccccc2)c1C=Nc1ccc(Cl)cc1. The van der Waals surface area contributed by atoms with E-state index in [2.05, 4.69) is 15.2 Å². The molecule has 0 saturated carbocycles. The molecule has 1 heterocycles. The fourth-order valence-corrected chi connectivity index (χ4v) is 2.12. The Morgan fingerprint density at radius 1 is 0.952 bits per heavy atom. The third-order valence-electron chi connectivity index (χ3n) is 3.05. The van der Waals surface area contributed by atoms with Crippen LogP contribution in [0.25, 0.3) is 11.3 Å². The molecular formula is C16H12ClN3O. The first kappa shape index (κ1) is 13.4. The summed E-state index contributed by atoms with van der Waals surface area (Å²) in [6.07, 6.45) is 1.56. The van der Waals surface area contributed by atoms with E-state index >= 15 is 0 Å². The molecule has 0 bridgehead atoms. The smallest absolute Gasteiger partial charge is 0.273 e. The van der Waals surface area contributed by atoms with Crippen molar-refractivity contribution in [3.8, 4) is 11.3 Å². The molecule has 0 aliphatic rings. The second-order valence-electron chi connectivity index (χ2n) is 4.47. The lowest BCUT2D eigenvalue weighted by Gasteiger charge is -1.98. The minimum absolute atomic E-state index is 0.202. The van der Waals surface area contributed by atoms with E-state index in [-0.39, 0.29) is 5.56 Å². The number of aromatic nitrogens is 2. The normalized spacial score (nSPS) is 11.1. The van der Waals surface area contributed by atoms with Crippen LogP contribution in [0.1, 0.15) is 5.56 Å². The van der Waals surface area contributed by atoms with Crippen molar-refractivity contribution in [3.63, 3.8) is 0 Å². The Kier molecular flexibility index (Phi) is 3.71. The van der Waals surface area contributed by atoms with Crippen LogP contribution in [-0.4, -0.2) is 16.4 Å². The van der Waals surface area contributed by atoms with Gasteiger partial charge in [0.05, 0.1) is 16.9 Å². The predicted molar refractivity (Wildman–Crippen MR) is 85.6 cm³/mol. The van der Waals surface area contributed by atoms with Gasteiger partial charge in [-0.15, -0.1) is 0 Å². The van der Waals surface area contributed by atoms with E-state index in [0.717, 1.165) is 16.9 Å². The molecule has 5 heteroatoms. The molecule has 4 nitrogen and oxygen atoms in total. The van der Waals surface area contributed by atoms with Gasteiger partial charge in [0.25, 0.3) is 5.56 Å². The Morgan fingerprint density at radius 3 is 2.38 bits per heavy atom. The zero-order valence-electron chi connectivity index (χ0n) is 11.0. The van der Waals surface area contributed by atoms with Gasteiger partial charge in [0.2, 0.25) is 0 Å². The highest BCUT2D eigenvalue weighted by atomic mass is 35.5. The number of halogens is 1. The van der Waals surface area contributed by atoms with Gasteiger partial charge < -0.3 is 0 Å². The highest BCUT2D eigenvalue weighted by molar-refractivity contribution is 6.30. The van der Waals surface area contributed by atoms with E-state index in [1.807, 2.05) is 30.3 Å². The number of hydrogen-bond acceptors (Lipinski definition) is 2. The Balaban J connectivity index is 1.98. The molecule has 21 heavy (non-hydrogen) atoms.